The molecule has 0 N–H and O–H groups in total. The predicted molar refractivity (Wildman–Crippen MR) is 92.0 cm³/mol. The Hall–Kier alpha value is 0.400. The van der Waals surface area contributed by atoms with Crippen LogP contribution in [0.5, 0.6) is 0 Å². The molecular formula is C16H20Br2S. The van der Waals surface area contributed by atoms with Crippen molar-refractivity contribution in [3.63, 3.8) is 0 Å². The van der Waals surface area contributed by atoms with Gasteiger partial charge in [0.25, 0.3) is 0 Å². The van der Waals surface area contributed by atoms with Gasteiger partial charge in [-0.15, -0.1) is 11.3 Å². The van der Waals surface area contributed by atoms with Crippen molar-refractivity contribution in [3.8, 4) is 0 Å². The van der Waals surface area contributed by atoms with Gasteiger partial charge in [-0.1, -0.05) is 36.7 Å². The maximum absolute atomic E-state index is 3.95. The first-order valence-corrected chi connectivity index (χ1v) is 9.28. The van der Waals surface area contributed by atoms with Gasteiger partial charge in [-0.05, 0) is 64.9 Å². The van der Waals surface area contributed by atoms with Crippen molar-refractivity contribution in [2.45, 2.75) is 47.5 Å². The summed E-state index contributed by atoms with van der Waals surface area (Å²) < 4.78 is 2.78. The van der Waals surface area contributed by atoms with Crippen molar-refractivity contribution in [3.05, 3.63) is 24.3 Å². The molecule has 0 amide bonds. The van der Waals surface area contributed by atoms with Gasteiger partial charge in [-0.3, -0.25) is 0 Å². The number of hydrogen-bond donors (Lipinski definition) is 0. The van der Waals surface area contributed by atoms with Crippen LogP contribution in [0.25, 0.3) is 5.57 Å². The van der Waals surface area contributed by atoms with Crippen LogP contribution < -0.4 is 0 Å². The van der Waals surface area contributed by atoms with Gasteiger partial charge in [0.2, 0.25) is 0 Å². The minimum absolute atomic E-state index is 0.303. The van der Waals surface area contributed by atoms with E-state index in [1.807, 2.05) is 11.3 Å². The van der Waals surface area contributed by atoms with E-state index in [-0.39, 0.29) is 0 Å². The zero-order chi connectivity index (χ0) is 14.2. The average Bonchev–Trinajstić information content (AvgIpc) is 2.73. The Morgan fingerprint density at radius 1 is 1.11 bits per heavy atom. The van der Waals surface area contributed by atoms with E-state index >= 15 is 0 Å². The fourth-order valence-corrected chi connectivity index (χ4v) is 7.43. The molecule has 0 radical (unpaired) electrons. The highest BCUT2D eigenvalue weighted by Gasteiger charge is 2.60. The number of halogens is 2. The summed E-state index contributed by atoms with van der Waals surface area (Å²) in [6.45, 7) is 11.8. The van der Waals surface area contributed by atoms with Crippen LogP contribution in [-0.4, -0.2) is 0 Å². The monoisotopic (exact) mass is 402 g/mol. The third-order valence-electron chi connectivity index (χ3n) is 5.76. The van der Waals surface area contributed by atoms with Gasteiger partial charge in [0.05, 0.1) is 0 Å². The lowest BCUT2D eigenvalue weighted by molar-refractivity contribution is 0.189. The van der Waals surface area contributed by atoms with Crippen LogP contribution in [0.15, 0.2) is 8.96 Å². The predicted octanol–water partition coefficient (Wildman–Crippen LogP) is 6.69. The quantitative estimate of drug-likeness (QED) is 0.489. The van der Waals surface area contributed by atoms with Gasteiger partial charge in [-0.25, -0.2) is 0 Å². The second-order valence-corrected chi connectivity index (χ2v) is 9.85. The first kappa shape index (κ1) is 14.3. The minimum atomic E-state index is 0.303. The van der Waals surface area contributed by atoms with Crippen molar-refractivity contribution in [2.75, 3.05) is 0 Å². The Morgan fingerprint density at radius 2 is 1.74 bits per heavy atom. The Balaban J connectivity index is 2.27. The summed E-state index contributed by atoms with van der Waals surface area (Å²) in [5.74, 6) is 0.694. The lowest BCUT2D eigenvalue weighted by Gasteiger charge is -2.37. The maximum Gasteiger partial charge on any atom is 0.0390 e. The van der Waals surface area contributed by atoms with E-state index in [2.05, 4.69) is 66.5 Å². The molecule has 0 spiro atoms. The van der Waals surface area contributed by atoms with Gasteiger partial charge in [0, 0.05) is 24.3 Å². The zero-order valence-corrected chi connectivity index (χ0v) is 16.1. The lowest BCUT2D eigenvalue weighted by atomic mass is 9.66. The van der Waals surface area contributed by atoms with E-state index in [1.165, 1.54) is 37.1 Å². The number of thiophene rings is 1. The van der Waals surface area contributed by atoms with Gasteiger partial charge < -0.3 is 0 Å². The molecule has 2 unspecified atom stereocenters. The Labute approximate surface area is 136 Å². The topological polar surface area (TPSA) is 0 Å². The third kappa shape index (κ3) is 1.61. The van der Waals surface area contributed by atoms with Crippen LogP contribution in [0.4, 0.5) is 0 Å². The first-order chi connectivity index (χ1) is 8.72. The smallest absolute Gasteiger partial charge is 0.0390 e. The molecule has 3 rings (SSSR count). The highest BCUT2D eigenvalue weighted by atomic mass is 79.9. The van der Waals surface area contributed by atoms with Gasteiger partial charge >= 0.3 is 0 Å². The van der Waals surface area contributed by atoms with Crippen molar-refractivity contribution >= 4 is 48.8 Å². The molecule has 1 fully saturated rings. The summed E-state index contributed by atoms with van der Waals surface area (Å²) in [5.41, 5.74) is 3.70. The second-order valence-electron chi connectivity index (χ2n) is 6.77. The molecule has 0 aromatic carbocycles. The van der Waals surface area contributed by atoms with Gasteiger partial charge in [0.1, 0.15) is 0 Å². The second kappa shape index (κ2) is 4.20. The van der Waals surface area contributed by atoms with Crippen LogP contribution in [-0.2, 0) is 0 Å². The molecule has 0 aliphatic heterocycles. The van der Waals surface area contributed by atoms with Gasteiger partial charge in [0.15, 0.2) is 0 Å². The molecule has 0 saturated heterocycles. The van der Waals surface area contributed by atoms with Crippen LogP contribution in [0.3, 0.4) is 0 Å². The fraction of sp³-hybridized carbons (Fsp3) is 0.625. The molecule has 1 saturated carbocycles. The van der Waals surface area contributed by atoms with Gasteiger partial charge in [-0.2, -0.15) is 0 Å². The maximum atomic E-state index is 3.95. The van der Waals surface area contributed by atoms with Crippen LogP contribution in [0.2, 0.25) is 0 Å². The number of hydrogen-bond acceptors (Lipinski definition) is 1. The lowest BCUT2D eigenvalue weighted by Crippen LogP contribution is -2.29. The molecule has 0 nitrogen and oxygen atoms in total. The fourth-order valence-electron chi connectivity index (χ4n) is 4.17. The summed E-state index contributed by atoms with van der Waals surface area (Å²) in [6, 6.07) is 0. The molecule has 1 aromatic heterocycles. The standard InChI is InChI=1S/C16H20Br2S/c1-8-11(13(17)9(2)19-8)12-14(18)10-6-7-16(12,5)15(10,3)4/h10H,6-7H2,1-5H3. The molecule has 19 heavy (non-hydrogen) atoms. The molecule has 3 heteroatoms. The summed E-state index contributed by atoms with van der Waals surface area (Å²) in [4.78, 5) is 2.84. The summed E-state index contributed by atoms with van der Waals surface area (Å²) in [7, 11) is 0. The zero-order valence-electron chi connectivity index (χ0n) is 12.2. The molecule has 1 aromatic rings. The van der Waals surface area contributed by atoms with E-state index in [9.17, 15) is 0 Å². The molecule has 2 aliphatic carbocycles. The molecular weight excluding hydrogens is 384 g/mol. The molecule has 2 bridgehead atoms. The van der Waals surface area contributed by atoms with Crippen molar-refractivity contribution in [1.29, 1.82) is 0 Å². The van der Waals surface area contributed by atoms with E-state index in [0.29, 0.717) is 16.7 Å². The Kier molecular flexibility index (Phi) is 3.17. The SMILES string of the molecule is Cc1sc(C)c(C2=C(Br)C3CCC2(C)C3(C)C)c1Br. The third-order valence-corrected chi connectivity index (χ3v) is 8.98. The largest absolute Gasteiger partial charge is 0.144 e. The van der Waals surface area contributed by atoms with Crippen molar-refractivity contribution < 1.29 is 0 Å². The van der Waals surface area contributed by atoms with E-state index in [1.54, 1.807) is 5.57 Å². The Bertz CT molecular complexity index is 594. The van der Waals surface area contributed by atoms with Crippen LogP contribution in [0, 0.1) is 30.6 Å². The number of aryl methyl sites for hydroxylation is 2. The van der Waals surface area contributed by atoms with Crippen molar-refractivity contribution in [1.82, 2.24) is 0 Å². The minimum Gasteiger partial charge on any atom is -0.144 e. The van der Waals surface area contributed by atoms with E-state index < -0.39 is 0 Å². The Morgan fingerprint density at radius 3 is 2.16 bits per heavy atom. The molecule has 2 aliphatic rings. The highest BCUT2D eigenvalue weighted by molar-refractivity contribution is 9.12. The summed E-state index contributed by atoms with van der Waals surface area (Å²) in [6.07, 6.45) is 2.64. The first-order valence-electron chi connectivity index (χ1n) is 6.88. The number of rotatable bonds is 1. The molecule has 104 valence electrons. The summed E-state index contributed by atoms with van der Waals surface area (Å²) >= 11 is 9.69. The number of fused-ring (bicyclic) bond motifs is 2. The summed E-state index contributed by atoms with van der Waals surface area (Å²) in [5, 5.41) is 0. The van der Waals surface area contributed by atoms with Crippen molar-refractivity contribution in [2.24, 2.45) is 16.7 Å². The number of allylic oxidation sites excluding steroid dienone is 2. The van der Waals surface area contributed by atoms with E-state index in [0.717, 1.165) is 0 Å². The normalized spacial score (nSPS) is 32.5. The average molecular weight is 404 g/mol. The molecule has 2 atom stereocenters. The highest BCUT2D eigenvalue weighted by Crippen LogP contribution is 2.72. The molecule has 1 heterocycles. The van der Waals surface area contributed by atoms with Crippen LogP contribution >= 0.6 is 43.2 Å². The van der Waals surface area contributed by atoms with E-state index in [4.69, 9.17) is 0 Å². The van der Waals surface area contributed by atoms with Crippen LogP contribution in [0.1, 0.15) is 48.9 Å².